The average Bonchev–Trinajstić information content (AvgIpc) is 2.65. The fourth-order valence-corrected chi connectivity index (χ4v) is 1.82. The Morgan fingerprint density at radius 2 is 2.07 bits per heavy atom. The van der Waals surface area contributed by atoms with Gasteiger partial charge in [0.15, 0.2) is 0 Å². The standard InChI is InChI=1S/C10H15N3O/c1-12-8-11-7-9(12)10(14)13-5-3-2-4-6-13/h7-8H,2-6H2,1H3. The summed E-state index contributed by atoms with van der Waals surface area (Å²) in [5.74, 6) is 0.115. The van der Waals surface area contributed by atoms with Crippen LogP contribution in [0.15, 0.2) is 12.5 Å². The number of carbonyl (C=O) groups is 1. The van der Waals surface area contributed by atoms with Crippen LogP contribution in [0.2, 0.25) is 0 Å². The van der Waals surface area contributed by atoms with E-state index in [0.717, 1.165) is 25.9 Å². The van der Waals surface area contributed by atoms with Crippen molar-refractivity contribution in [1.82, 2.24) is 14.5 Å². The predicted molar refractivity (Wildman–Crippen MR) is 53.0 cm³/mol. The van der Waals surface area contributed by atoms with Gasteiger partial charge in [0.05, 0.1) is 12.5 Å². The Balaban J connectivity index is 2.11. The molecule has 1 aliphatic heterocycles. The van der Waals surface area contributed by atoms with Crippen LogP contribution in [-0.4, -0.2) is 33.4 Å². The van der Waals surface area contributed by atoms with Crippen molar-refractivity contribution < 1.29 is 4.79 Å². The third kappa shape index (κ3) is 1.64. The molecule has 0 aromatic carbocycles. The summed E-state index contributed by atoms with van der Waals surface area (Å²) in [6.45, 7) is 1.79. The highest BCUT2D eigenvalue weighted by Crippen LogP contribution is 2.12. The van der Waals surface area contributed by atoms with Gasteiger partial charge >= 0.3 is 0 Å². The lowest BCUT2D eigenvalue weighted by atomic mass is 10.1. The molecule has 1 saturated heterocycles. The van der Waals surface area contributed by atoms with E-state index in [2.05, 4.69) is 4.98 Å². The van der Waals surface area contributed by atoms with Crippen molar-refractivity contribution in [2.24, 2.45) is 7.05 Å². The van der Waals surface area contributed by atoms with Crippen LogP contribution in [0.4, 0.5) is 0 Å². The quantitative estimate of drug-likeness (QED) is 0.668. The van der Waals surface area contributed by atoms with E-state index in [0.29, 0.717) is 5.69 Å². The van der Waals surface area contributed by atoms with E-state index in [1.165, 1.54) is 6.42 Å². The number of imidazole rings is 1. The predicted octanol–water partition coefficient (Wildman–Crippen LogP) is 1.05. The summed E-state index contributed by atoms with van der Waals surface area (Å²) < 4.78 is 1.77. The summed E-state index contributed by atoms with van der Waals surface area (Å²) in [6.07, 6.45) is 6.80. The Labute approximate surface area is 83.5 Å². The highest BCUT2D eigenvalue weighted by molar-refractivity contribution is 5.92. The minimum atomic E-state index is 0.115. The first-order chi connectivity index (χ1) is 6.79. The van der Waals surface area contributed by atoms with Crippen LogP contribution in [0, 0.1) is 0 Å². The van der Waals surface area contributed by atoms with Gasteiger partial charge in [0, 0.05) is 20.1 Å². The zero-order valence-corrected chi connectivity index (χ0v) is 8.44. The molecule has 0 unspecified atom stereocenters. The lowest BCUT2D eigenvalue weighted by molar-refractivity contribution is 0.0714. The van der Waals surface area contributed by atoms with Crippen molar-refractivity contribution in [1.29, 1.82) is 0 Å². The minimum absolute atomic E-state index is 0.115. The molecule has 76 valence electrons. The number of carbonyl (C=O) groups excluding carboxylic acids is 1. The number of nitrogens with zero attached hydrogens (tertiary/aromatic N) is 3. The lowest BCUT2D eigenvalue weighted by Gasteiger charge is -2.26. The van der Waals surface area contributed by atoms with E-state index in [1.807, 2.05) is 11.9 Å². The van der Waals surface area contributed by atoms with Crippen LogP contribution in [0.5, 0.6) is 0 Å². The number of piperidine rings is 1. The lowest BCUT2D eigenvalue weighted by Crippen LogP contribution is -2.36. The third-order valence-electron chi connectivity index (χ3n) is 2.68. The van der Waals surface area contributed by atoms with Crippen molar-refractivity contribution >= 4 is 5.91 Å². The number of hydrogen-bond acceptors (Lipinski definition) is 2. The monoisotopic (exact) mass is 193 g/mol. The molecular formula is C10H15N3O. The van der Waals surface area contributed by atoms with Crippen LogP contribution >= 0.6 is 0 Å². The van der Waals surface area contributed by atoms with Gasteiger partial charge in [-0.2, -0.15) is 0 Å². The molecule has 14 heavy (non-hydrogen) atoms. The maximum absolute atomic E-state index is 11.9. The molecule has 4 nitrogen and oxygen atoms in total. The van der Waals surface area contributed by atoms with Crippen LogP contribution < -0.4 is 0 Å². The second-order valence-electron chi connectivity index (χ2n) is 3.74. The van der Waals surface area contributed by atoms with E-state index in [-0.39, 0.29) is 5.91 Å². The van der Waals surface area contributed by atoms with Crippen molar-refractivity contribution in [3.63, 3.8) is 0 Å². The minimum Gasteiger partial charge on any atom is -0.337 e. The first kappa shape index (κ1) is 9.24. The largest absolute Gasteiger partial charge is 0.337 e. The normalized spacial score (nSPS) is 17.1. The van der Waals surface area contributed by atoms with Crippen molar-refractivity contribution in [3.8, 4) is 0 Å². The van der Waals surface area contributed by atoms with Gasteiger partial charge in [-0.15, -0.1) is 0 Å². The van der Waals surface area contributed by atoms with Crippen LogP contribution in [-0.2, 0) is 7.05 Å². The van der Waals surface area contributed by atoms with E-state index >= 15 is 0 Å². The van der Waals surface area contributed by atoms with Crippen LogP contribution in [0.25, 0.3) is 0 Å². The zero-order valence-electron chi connectivity index (χ0n) is 8.44. The Hall–Kier alpha value is -1.32. The molecule has 1 aromatic heterocycles. The number of aromatic nitrogens is 2. The van der Waals surface area contributed by atoms with E-state index < -0.39 is 0 Å². The highest BCUT2D eigenvalue weighted by Gasteiger charge is 2.19. The van der Waals surface area contributed by atoms with Gasteiger partial charge in [-0.25, -0.2) is 4.98 Å². The molecule has 0 aliphatic carbocycles. The molecule has 1 amide bonds. The molecule has 1 aliphatic rings. The zero-order chi connectivity index (χ0) is 9.97. The fraction of sp³-hybridized carbons (Fsp3) is 0.600. The van der Waals surface area contributed by atoms with Gasteiger partial charge in [0.1, 0.15) is 5.69 Å². The molecule has 4 heteroatoms. The Morgan fingerprint density at radius 1 is 1.36 bits per heavy atom. The van der Waals surface area contributed by atoms with E-state index in [1.54, 1.807) is 17.1 Å². The first-order valence-corrected chi connectivity index (χ1v) is 5.04. The van der Waals surface area contributed by atoms with Gasteiger partial charge in [0.2, 0.25) is 0 Å². The smallest absolute Gasteiger partial charge is 0.272 e. The van der Waals surface area contributed by atoms with E-state index in [4.69, 9.17) is 0 Å². The maximum Gasteiger partial charge on any atom is 0.272 e. The summed E-state index contributed by atoms with van der Waals surface area (Å²) >= 11 is 0. The molecular weight excluding hydrogens is 178 g/mol. The summed E-state index contributed by atoms with van der Waals surface area (Å²) in [5.41, 5.74) is 0.687. The number of amides is 1. The second kappa shape index (κ2) is 3.82. The summed E-state index contributed by atoms with van der Waals surface area (Å²) in [7, 11) is 1.85. The number of likely N-dealkylation sites (tertiary alicyclic amines) is 1. The number of rotatable bonds is 1. The summed E-state index contributed by atoms with van der Waals surface area (Å²) in [6, 6.07) is 0. The van der Waals surface area contributed by atoms with Crippen LogP contribution in [0.3, 0.4) is 0 Å². The van der Waals surface area contributed by atoms with Gasteiger partial charge in [-0.3, -0.25) is 4.79 Å². The topological polar surface area (TPSA) is 38.1 Å². The number of hydrogen-bond donors (Lipinski definition) is 0. The second-order valence-corrected chi connectivity index (χ2v) is 3.74. The molecule has 0 radical (unpaired) electrons. The van der Waals surface area contributed by atoms with Crippen molar-refractivity contribution in [3.05, 3.63) is 18.2 Å². The highest BCUT2D eigenvalue weighted by atomic mass is 16.2. The van der Waals surface area contributed by atoms with E-state index in [9.17, 15) is 4.79 Å². The molecule has 0 spiro atoms. The Kier molecular flexibility index (Phi) is 2.52. The molecule has 2 heterocycles. The number of aryl methyl sites for hydroxylation is 1. The Morgan fingerprint density at radius 3 is 2.64 bits per heavy atom. The third-order valence-corrected chi connectivity index (χ3v) is 2.68. The van der Waals surface area contributed by atoms with Crippen LogP contribution in [0.1, 0.15) is 29.8 Å². The average molecular weight is 193 g/mol. The van der Waals surface area contributed by atoms with Gasteiger partial charge in [-0.05, 0) is 19.3 Å². The SMILES string of the molecule is Cn1cncc1C(=O)N1CCCCC1. The summed E-state index contributed by atoms with van der Waals surface area (Å²) in [4.78, 5) is 17.8. The van der Waals surface area contributed by atoms with Crippen molar-refractivity contribution in [2.45, 2.75) is 19.3 Å². The van der Waals surface area contributed by atoms with Gasteiger partial charge in [-0.1, -0.05) is 0 Å². The molecule has 1 aromatic rings. The van der Waals surface area contributed by atoms with Crippen molar-refractivity contribution in [2.75, 3.05) is 13.1 Å². The van der Waals surface area contributed by atoms with Gasteiger partial charge in [0.25, 0.3) is 5.91 Å². The van der Waals surface area contributed by atoms with Gasteiger partial charge < -0.3 is 9.47 Å². The molecule has 0 bridgehead atoms. The first-order valence-electron chi connectivity index (χ1n) is 5.04. The Bertz CT molecular complexity index is 326. The fourth-order valence-electron chi connectivity index (χ4n) is 1.82. The molecule has 0 N–H and O–H groups in total. The molecule has 0 atom stereocenters. The maximum atomic E-state index is 11.9. The molecule has 2 rings (SSSR count). The molecule has 1 fully saturated rings. The summed E-state index contributed by atoms with van der Waals surface area (Å²) in [5, 5.41) is 0. The molecule has 0 saturated carbocycles.